The zero-order valence-corrected chi connectivity index (χ0v) is 15.0. The van der Waals surface area contributed by atoms with E-state index in [-0.39, 0.29) is 11.5 Å². The molecule has 3 rings (SSSR count). The number of hydrogen-bond donors (Lipinski definition) is 0. The number of carbonyl (C=O) groups is 2. The minimum Gasteiger partial charge on any atom is -0.386 e. The smallest absolute Gasteiger partial charge is 0.386 e. The second kappa shape index (κ2) is 8.34. The predicted octanol–water partition coefficient (Wildman–Crippen LogP) is 4.96. The molecule has 3 aromatic rings. The van der Waals surface area contributed by atoms with E-state index in [2.05, 4.69) is 0 Å². The molecule has 0 aromatic heterocycles. The molecule has 27 heavy (non-hydrogen) atoms. The van der Waals surface area contributed by atoms with Crippen molar-refractivity contribution in [3.05, 3.63) is 90.0 Å². The number of rotatable bonds is 8. The van der Waals surface area contributed by atoms with Gasteiger partial charge in [0.25, 0.3) is 0 Å². The molecule has 0 saturated carbocycles. The zero-order valence-electron chi connectivity index (χ0n) is 14.1. The molecule has 0 saturated heterocycles. The van der Waals surface area contributed by atoms with E-state index in [9.17, 15) is 14.2 Å². The first-order chi connectivity index (χ1) is 13.1. The predicted molar refractivity (Wildman–Crippen MR) is 99.6 cm³/mol. The van der Waals surface area contributed by atoms with E-state index >= 15 is 0 Å². The van der Waals surface area contributed by atoms with Gasteiger partial charge in [-0.1, -0.05) is 18.2 Å². The van der Waals surface area contributed by atoms with E-state index in [1.807, 2.05) is 0 Å². The maximum absolute atomic E-state index is 13.2. The highest BCUT2D eigenvalue weighted by Gasteiger charge is 2.33. The lowest BCUT2D eigenvalue weighted by Gasteiger charge is -2.19. The van der Waals surface area contributed by atoms with Gasteiger partial charge in [-0.15, -0.1) is 0 Å². The van der Waals surface area contributed by atoms with E-state index in [1.54, 1.807) is 30.3 Å². The average Bonchev–Trinajstić information content (AvgIpc) is 2.69. The molecule has 136 valence electrons. The third kappa shape index (κ3) is 5.06. The summed E-state index contributed by atoms with van der Waals surface area (Å²) in [5, 5.41) is 0. The first-order valence-electron chi connectivity index (χ1n) is 7.94. The van der Waals surface area contributed by atoms with Crippen LogP contribution in [0.3, 0.4) is 0 Å². The van der Waals surface area contributed by atoms with Crippen LogP contribution in [-0.4, -0.2) is 12.6 Å². The Labute approximate surface area is 155 Å². The molecule has 0 heterocycles. The lowest BCUT2D eigenvalue weighted by Crippen LogP contribution is -2.07. The summed E-state index contributed by atoms with van der Waals surface area (Å²) in [6, 6.07) is 20.5. The number of carbonyl (C=O) groups excluding carboxylic acids is 2. The Morgan fingerprint density at radius 2 is 0.926 bits per heavy atom. The normalized spacial score (nSPS) is 10.7. The van der Waals surface area contributed by atoms with Crippen molar-refractivity contribution in [2.75, 3.05) is 0 Å². The summed E-state index contributed by atoms with van der Waals surface area (Å²) < 4.78 is 29.7. The molecule has 0 atom stereocenters. The van der Waals surface area contributed by atoms with E-state index in [0.717, 1.165) is 0 Å². The molecule has 6 nitrogen and oxygen atoms in total. The Bertz CT molecular complexity index is 895. The summed E-state index contributed by atoms with van der Waals surface area (Å²) in [4.78, 5) is 21.5. The summed E-state index contributed by atoms with van der Waals surface area (Å²) in [6.07, 6.45) is 1.38. The van der Waals surface area contributed by atoms with Gasteiger partial charge in [0.05, 0.1) is 0 Å². The maximum atomic E-state index is 13.2. The fourth-order valence-corrected chi connectivity index (χ4v) is 3.39. The van der Waals surface area contributed by atoms with Gasteiger partial charge in [0.2, 0.25) is 0 Å². The molecule has 7 heteroatoms. The van der Waals surface area contributed by atoms with E-state index in [1.165, 1.54) is 48.5 Å². The molecule has 0 aliphatic carbocycles. The van der Waals surface area contributed by atoms with Crippen molar-refractivity contribution < 1.29 is 27.7 Å². The Morgan fingerprint density at radius 3 is 1.30 bits per heavy atom. The van der Waals surface area contributed by atoms with Crippen LogP contribution in [0.15, 0.2) is 78.9 Å². The number of hydrogen-bond acceptors (Lipinski definition) is 6. The molecule has 0 unspecified atom stereocenters. The summed E-state index contributed by atoms with van der Waals surface area (Å²) >= 11 is 0. The summed E-state index contributed by atoms with van der Waals surface area (Å²) in [5.74, 6) is 0.726. The van der Waals surface area contributed by atoms with Gasteiger partial charge in [0.1, 0.15) is 29.8 Å². The molecule has 0 spiro atoms. The van der Waals surface area contributed by atoms with Crippen LogP contribution in [0.25, 0.3) is 0 Å². The molecule has 0 radical (unpaired) electrons. The lowest BCUT2D eigenvalue weighted by molar-refractivity contribution is 0.111. The fourth-order valence-electron chi connectivity index (χ4n) is 2.14. The maximum Gasteiger partial charge on any atom is 0.647 e. The molecule has 0 aliphatic rings. The van der Waals surface area contributed by atoms with Gasteiger partial charge >= 0.3 is 7.82 Å². The minimum atomic E-state index is -4.11. The van der Waals surface area contributed by atoms with Gasteiger partial charge in [-0.2, -0.15) is 4.57 Å². The Kier molecular flexibility index (Phi) is 5.69. The van der Waals surface area contributed by atoms with Crippen molar-refractivity contribution >= 4 is 20.4 Å². The topological polar surface area (TPSA) is 78.9 Å². The zero-order chi connectivity index (χ0) is 19.1. The third-order valence-electron chi connectivity index (χ3n) is 3.43. The van der Waals surface area contributed by atoms with Crippen molar-refractivity contribution in [3.8, 4) is 17.2 Å². The molecule has 0 aliphatic heterocycles. The Balaban J connectivity index is 1.87. The third-order valence-corrected chi connectivity index (χ3v) is 4.73. The lowest BCUT2D eigenvalue weighted by atomic mass is 10.2. The van der Waals surface area contributed by atoms with Crippen LogP contribution in [0, 0.1) is 0 Å². The van der Waals surface area contributed by atoms with E-state index in [0.29, 0.717) is 29.4 Å². The van der Waals surface area contributed by atoms with Gasteiger partial charge in [0.15, 0.2) is 0 Å². The average molecular weight is 382 g/mol. The van der Waals surface area contributed by atoms with Crippen LogP contribution < -0.4 is 13.6 Å². The summed E-state index contributed by atoms with van der Waals surface area (Å²) in [7, 11) is -4.11. The van der Waals surface area contributed by atoms with Crippen molar-refractivity contribution in [2.24, 2.45) is 0 Å². The van der Waals surface area contributed by atoms with Crippen LogP contribution >= 0.6 is 7.82 Å². The summed E-state index contributed by atoms with van der Waals surface area (Å²) in [5.41, 5.74) is 0.901. The molecule has 0 bridgehead atoms. The molecule has 0 amide bonds. The Morgan fingerprint density at radius 1 is 0.556 bits per heavy atom. The van der Waals surface area contributed by atoms with Crippen LogP contribution in [0.5, 0.6) is 17.2 Å². The molecule has 0 N–H and O–H groups in total. The van der Waals surface area contributed by atoms with Crippen LogP contribution in [0.4, 0.5) is 0 Å². The van der Waals surface area contributed by atoms with Gasteiger partial charge < -0.3 is 13.6 Å². The first kappa shape index (κ1) is 18.4. The first-order valence-corrected chi connectivity index (χ1v) is 9.41. The largest absolute Gasteiger partial charge is 0.647 e. The van der Waals surface area contributed by atoms with E-state index in [4.69, 9.17) is 13.6 Å². The highest BCUT2D eigenvalue weighted by atomic mass is 31.2. The highest BCUT2D eigenvalue weighted by molar-refractivity contribution is 7.49. The van der Waals surface area contributed by atoms with E-state index < -0.39 is 7.82 Å². The monoisotopic (exact) mass is 382 g/mol. The van der Waals surface area contributed by atoms with Gasteiger partial charge in [0, 0.05) is 11.1 Å². The molecular weight excluding hydrogens is 367 g/mol. The number of aldehydes is 2. The Hall–Kier alpha value is -3.37. The SMILES string of the molecule is O=Cc1ccc(OP(=O)(Oc2ccccc2)Oc2ccc(C=O)cc2)cc1. The number of benzene rings is 3. The number of phosphoric ester groups is 1. The second-order valence-corrected chi connectivity index (χ2v) is 6.85. The van der Waals surface area contributed by atoms with Gasteiger partial charge in [-0.05, 0) is 60.7 Å². The summed E-state index contributed by atoms with van der Waals surface area (Å²) in [6.45, 7) is 0. The van der Waals surface area contributed by atoms with Crippen LogP contribution in [-0.2, 0) is 4.57 Å². The quantitative estimate of drug-likeness (QED) is 0.405. The van der Waals surface area contributed by atoms with Crippen molar-refractivity contribution in [1.29, 1.82) is 0 Å². The van der Waals surface area contributed by atoms with Gasteiger partial charge in [-0.3, -0.25) is 9.59 Å². The van der Waals surface area contributed by atoms with Gasteiger partial charge in [-0.25, -0.2) is 0 Å². The molecular formula is C20H15O6P. The standard InChI is InChI=1S/C20H15O6P/c21-14-16-6-10-19(11-7-16)25-27(23,24-18-4-2-1-3-5-18)26-20-12-8-17(15-22)9-13-20/h1-15H. The molecule has 3 aromatic carbocycles. The van der Waals surface area contributed by atoms with Crippen LogP contribution in [0.1, 0.15) is 20.7 Å². The van der Waals surface area contributed by atoms with Crippen molar-refractivity contribution in [3.63, 3.8) is 0 Å². The minimum absolute atomic E-state index is 0.212. The van der Waals surface area contributed by atoms with Crippen molar-refractivity contribution in [2.45, 2.75) is 0 Å². The number of phosphoric acid groups is 1. The highest BCUT2D eigenvalue weighted by Crippen LogP contribution is 2.49. The fraction of sp³-hybridized carbons (Fsp3) is 0. The second-order valence-electron chi connectivity index (χ2n) is 5.41. The number of para-hydroxylation sites is 1. The van der Waals surface area contributed by atoms with Crippen LogP contribution in [0.2, 0.25) is 0 Å². The molecule has 0 fully saturated rings. The van der Waals surface area contributed by atoms with Crippen molar-refractivity contribution in [1.82, 2.24) is 0 Å².